The van der Waals surface area contributed by atoms with E-state index in [-0.39, 0.29) is 11.8 Å². The lowest BCUT2D eigenvalue weighted by Crippen LogP contribution is -2.31. The van der Waals surface area contributed by atoms with E-state index < -0.39 is 0 Å². The molecule has 0 unspecified atom stereocenters. The standard InChI is InChI=1S/C21H16N2O2/c1-2-12-22-14-15(16-7-5-6-10-19(16)22)11-13-23-20(24)17-8-3-4-9-18(17)21(23)25/h1,3-10,14H,11-13H2. The molecule has 1 aliphatic heterocycles. The van der Waals surface area contributed by atoms with E-state index in [1.54, 1.807) is 24.3 Å². The summed E-state index contributed by atoms with van der Waals surface area (Å²) in [6.45, 7) is 0.851. The summed E-state index contributed by atoms with van der Waals surface area (Å²) in [6.07, 6.45) is 8.07. The number of para-hydroxylation sites is 1. The van der Waals surface area contributed by atoms with Crippen molar-refractivity contribution in [1.82, 2.24) is 9.47 Å². The van der Waals surface area contributed by atoms with Crippen molar-refractivity contribution in [1.29, 1.82) is 0 Å². The number of carbonyl (C=O) groups is 2. The van der Waals surface area contributed by atoms with Crippen LogP contribution in [0, 0.1) is 12.3 Å². The zero-order chi connectivity index (χ0) is 17.4. The largest absolute Gasteiger partial charge is 0.336 e. The maximum atomic E-state index is 12.5. The third-order valence-corrected chi connectivity index (χ3v) is 4.62. The van der Waals surface area contributed by atoms with Crippen LogP contribution in [-0.2, 0) is 13.0 Å². The van der Waals surface area contributed by atoms with Crippen molar-refractivity contribution in [2.75, 3.05) is 6.54 Å². The van der Waals surface area contributed by atoms with Crippen molar-refractivity contribution in [3.8, 4) is 12.3 Å². The molecule has 0 aliphatic carbocycles. The van der Waals surface area contributed by atoms with Gasteiger partial charge in [-0.1, -0.05) is 36.3 Å². The quantitative estimate of drug-likeness (QED) is 0.545. The van der Waals surface area contributed by atoms with Gasteiger partial charge in [-0.05, 0) is 30.2 Å². The monoisotopic (exact) mass is 328 g/mol. The summed E-state index contributed by atoms with van der Waals surface area (Å²) >= 11 is 0. The first-order valence-corrected chi connectivity index (χ1v) is 8.16. The van der Waals surface area contributed by atoms with Crippen molar-refractivity contribution >= 4 is 22.7 Å². The van der Waals surface area contributed by atoms with Crippen LogP contribution in [0.25, 0.3) is 10.9 Å². The van der Waals surface area contributed by atoms with Gasteiger partial charge in [-0.3, -0.25) is 14.5 Å². The fourth-order valence-electron chi connectivity index (χ4n) is 3.43. The van der Waals surface area contributed by atoms with Crippen molar-refractivity contribution in [3.63, 3.8) is 0 Å². The molecular weight excluding hydrogens is 312 g/mol. The molecule has 2 heterocycles. The van der Waals surface area contributed by atoms with Crippen LogP contribution in [0.1, 0.15) is 26.3 Å². The molecule has 122 valence electrons. The van der Waals surface area contributed by atoms with Crippen LogP contribution in [-0.4, -0.2) is 27.8 Å². The predicted molar refractivity (Wildman–Crippen MR) is 96.3 cm³/mol. The summed E-state index contributed by atoms with van der Waals surface area (Å²) in [5, 5.41) is 1.11. The highest BCUT2D eigenvalue weighted by atomic mass is 16.2. The van der Waals surface area contributed by atoms with E-state index in [9.17, 15) is 9.59 Å². The first-order valence-electron chi connectivity index (χ1n) is 8.16. The second kappa shape index (κ2) is 5.95. The molecule has 3 aromatic rings. The molecule has 1 aliphatic rings. The van der Waals surface area contributed by atoms with Gasteiger partial charge in [0.2, 0.25) is 0 Å². The van der Waals surface area contributed by atoms with Gasteiger partial charge in [-0.2, -0.15) is 0 Å². The zero-order valence-electron chi connectivity index (χ0n) is 13.6. The van der Waals surface area contributed by atoms with Gasteiger partial charge < -0.3 is 4.57 Å². The fraction of sp³-hybridized carbons (Fsp3) is 0.143. The van der Waals surface area contributed by atoms with Crippen molar-refractivity contribution in [2.45, 2.75) is 13.0 Å². The van der Waals surface area contributed by atoms with Crippen molar-refractivity contribution < 1.29 is 9.59 Å². The van der Waals surface area contributed by atoms with Gasteiger partial charge in [0.05, 0.1) is 17.7 Å². The molecule has 0 bridgehead atoms. The molecule has 0 atom stereocenters. The topological polar surface area (TPSA) is 42.3 Å². The number of hydrogen-bond acceptors (Lipinski definition) is 2. The van der Waals surface area contributed by atoms with E-state index in [4.69, 9.17) is 6.42 Å². The number of imide groups is 1. The van der Waals surface area contributed by atoms with Gasteiger partial charge in [0.15, 0.2) is 0 Å². The van der Waals surface area contributed by atoms with Crippen LogP contribution in [0.4, 0.5) is 0 Å². The Kier molecular flexibility index (Phi) is 3.62. The molecule has 0 radical (unpaired) electrons. The third-order valence-electron chi connectivity index (χ3n) is 4.62. The number of rotatable bonds is 4. The summed E-state index contributed by atoms with van der Waals surface area (Å²) in [7, 11) is 0. The van der Waals surface area contributed by atoms with Crippen LogP contribution < -0.4 is 0 Å². The predicted octanol–water partition coefficient (Wildman–Crippen LogP) is 3.11. The second-order valence-corrected chi connectivity index (χ2v) is 6.06. The smallest absolute Gasteiger partial charge is 0.261 e. The molecule has 4 nitrogen and oxygen atoms in total. The number of carbonyl (C=O) groups excluding carboxylic acids is 2. The average Bonchev–Trinajstić information content (AvgIpc) is 3.11. The summed E-state index contributed by atoms with van der Waals surface area (Å²) in [5.74, 6) is 2.23. The number of terminal acetylenes is 1. The number of fused-ring (bicyclic) bond motifs is 2. The van der Waals surface area contributed by atoms with Crippen LogP contribution in [0.15, 0.2) is 54.7 Å². The molecule has 25 heavy (non-hydrogen) atoms. The maximum Gasteiger partial charge on any atom is 0.261 e. The van der Waals surface area contributed by atoms with Crippen LogP contribution in [0.3, 0.4) is 0 Å². The van der Waals surface area contributed by atoms with Gasteiger partial charge in [0, 0.05) is 23.6 Å². The normalized spacial score (nSPS) is 13.3. The van der Waals surface area contributed by atoms with Crippen LogP contribution in [0.5, 0.6) is 0 Å². The lowest BCUT2D eigenvalue weighted by Gasteiger charge is -2.13. The number of aromatic nitrogens is 1. The summed E-state index contributed by atoms with van der Waals surface area (Å²) in [5.41, 5.74) is 3.13. The molecule has 4 rings (SSSR count). The van der Waals surface area contributed by atoms with E-state index in [2.05, 4.69) is 5.92 Å². The van der Waals surface area contributed by atoms with Gasteiger partial charge in [-0.25, -0.2) is 0 Å². The van der Waals surface area contributed by atoms with Crippen molar-refractivity contribution in [2.24, 2.45) is 0 Å². The maximum absolute atomic E-state index is 12.5. The van der Waals surface area contributed by atoms with Gasteiger partial charge in [0.25, 0.3) is 11.8 Å². The summed E-state index contributed by atoms with van der Waals surface area (Å²) in [6, 6.07) is 15.0. The minimum absolute atomic E-state index is 0.215. The Balaban J connectivity index is 1.61. The number of hydrogen-bond donors (Lipinski definition) is 0. The van der Waals surface area contributed by atoms with Crippen LogP contribution >= 0.6 is 0 Å². The number of benzene rings is 2. The Morgan fingerprint density at radius 3 is 2.24 bits per heavy atom. The lowest BCUT2D eigenvalue weighted by molar-refractivity contribution is 0.0656. The van der Waals surface area contributed by atoms with E-state index >= 15 is 0 Å². The molecule has 2 amide bonds. The second-order valence-electron chi connectivity index (χ2n) is 6.06. The SMILES string of the molecule is C#CCn1cc(CCN2C(=O)c3ccccc3C2=O)c2ccccc21. The third kappa shape index (κ3) is 2.41. The van der Waals surface area contributed by atoms with E-state index in [1.807, 2.05) is 35.0 Å². The molecule has 0 saturated carbocycles. The Labute approximate surface area is 145 Å². The zero-order valence-corrected chi connectivity index (χ0v) is 13.6. The molecule has 2 aromatic carbocycles. The Bertz CT molecular complexity index is 1000. The van der Waals surface area contributed by atoms with E-state index in [1.165, 1.54) is 4.90 Å². The minimum Gasteiger partial charge on any atom is -0.336 e. The average molecular weight is 328 g/mol. The molecular formula is C21H16N2O2. The summed E-state index contributed by atoms with van der Waals surface area (Å²) in [4.78, 5) is 26.3. The molecule has 0 N–H and O–H groups in total. The lowest BCUT2D eigenvalue weighted by atomic mass is 10.1. The first-order chi connectivity index (χ1) is 12.2. The van der Waals surface area contributed by atoms with E-state index in [0.717, 1.165) is 16.5 Å². The Hall–Kier alpha value is -3.32. The van der Waals surface area contributed by atoms with Gasteiger partial charge >= 0.3 is 0 Å². The van der Waals surface area contributed by atoms with Crippen LogP contribution in [0.2, 0.25) is 0 Å². The molecule has 1 aromatic heterocycles. The number of nitrogens with zero attached hydrogens (tertiary/aromatic N) is 2. The number of amides is 2. The molecule has 0 saturated heterocycles. The highest BCUT2D eigenvalue weighted by Gasteiger charge is 2.34. The van der Waals surface area contributed by atoms with Crippen molar-refractivity contribution in [3.05, 3.63) is 71.4 Å². The Morgan fingerprint density at radius 2 is 1.56 bits per heavy atom. The first kappa shape index (κ1) is 15.2. The Morgan fingerprint density at radius 1 is 0.920 bits per heavy atom. The summed E-state index contributed by atoms with van der Waals surface area (Å²) < 4.78 is 2.02. The van der Waals surface area contributed by atoms with Gasteiger partial charge in [0.1, 0.15) is 0 Å². The highest BCUT2D eigenvalue weighted by molar-refractivity contribution is 6.21. The van der Waals surface area contributed by atoms with Gasteiger partial charge in [-0.15, -0.1) is 6.42 Å². The molecule has 4 heteroatoms. The highest BCUT2D eigenvalue weighted by Crippen LogP contribution is 2.25. The molecule has 0 fully saturated rings. The minimum atomic E-state index is -0.215. The molecule has 0 spiro atoms. The fourth-order valence-corrected chi connectivity index (χ4v) is 3.43. The van der Waals surface area contributed by atoms with E-state index in [0.29, 0.717) is 30.6 Å².